The smallest absolute Gasteiger partial charge is 0.226 e. The monoisotopic (exact) mass is 172 g/mol. The van der Waals surface area contributed by atoms with Crippen molar-refractivity contribution in [3.8, 4) is 0 Å². The van der Waals surface area contributed by atoms with Crippen LogP contribution < -0.4 is 5.73 Å². The Balaban J connectivity index is 2.87. The summed E-state index contributed by atoms with van der Waals surface area (Å²) in [5.74, 6) is -0.528. The summed E-state index contributed by atoms with van der Waals surface area (Å²) in [7, 11) is 1.68. The van der Waals surface area contributed by atoms with Crippen molar-refractivity contribution in [1.29, 1.82) is 0 Å². The zero-order valence-electron chi connectivity index (χ0n) is 5.91. The molecule has 0 bridgehead atoms. The SMILES string of the molecule is Cn1ncc([CH]C(N)=O)c1Cl. The fourth-order valence-electron chi connectivity index (χ4n) is 0.690. The van der Waals surface area contributed by atoms with Crippen molar-refractivity contribution in [3.63, 3.8) is 0 Å². The number of amides is 1. The lowest BCUT2D eigenvalue weighted by molar-refractivity contribution is -0.114. The zero-order chi connectivity index (χ0) is 8.43. The first-order valence-corrected chi connectivity index (χ1v) is 3.30. The van der Waals surface area contributed by atoms with Gasteiger partial charge in [0.15, 0.2) is 0 Å². The van der Waals surface area contributed by atoms with Gasteiger partial charge in [0.05, 0.1) is 12.6 Å². The molecule has 0 aliphatic rings. The van der Waals surface area contributed by atoms with Crippen molar-refractivity contribution < 1.29 is 4.79 Å². The normalized spacial score (nSPS) is 10.0. The van der Waals surface area contributed by atoms with Crippen LogP contribution in [0.25, 0.3) is 0 Å². The summed E-state index contributed by atoms with van der Waals surface area (Å²) in [4.78, 5) is 10.4. The summed E-state index contributed by atoms with van der Waals surface area (Å²) < 4.78 is 1.45. The standard InChI is InChI=1S/C6H7ClN3O/c1-10-6(7)4(3-9-10)2-5(8)11/h2-3H,1H3,(H2,8,11). The number of nitrogens with two attached hydrogens (primary N) is 1. The Bertz CT molecular complexity index is 281. The highest BCUT2D eigenvalue weighted by atomic mass is 35.5. The van der Waals surface area contributed by atoms with E-state index in [0.717, 1.165) is 0 Å². The Kier molecular flexibility index (Phi) is 2.14. The van der Waals surface area contributed by atoms with Crippen LogP contribution in [0, 0.1) is 6.42 Å². The van der Waals surface area contributed by atoms with Crippen LogP contribution in [0.1, 0.15) is 5.56 Å². The van der Waals surface area contributed by atoms with E-state index in [4.69, 9.17) is 17.3 Å². The van der Waals surface area contributed by atoms with E-state index in [1.54, 1.807) is 7.05 Å². The number of halogens is 1. The molecule has 0 spiro atoms. The van der Waals surface area contributed by atoms with E-state index in [0.29, 0.717) is 10.7 Å². The van der Waals surface area contributed by atoms with E-state index in [1.807, 2.05) is 0 Å². The molecule has 1 amide bonds. The molecule has 1 heterocycles. The number of carbonyl (C=O) groups excluding carboxylic acids is 1. The quantitative estimate of drug-likeness (QED) is 0.689. The van der Waals surface area contributed by atoms with Crippen molar-refractivity contribution in [2.24, 2.45) is 12.8 Å². The Morgan fingerprint density at radius 1 is 1.91 bits per heavy atom. The second kappa shape index (κ2) is 2.92. The van der Waals surface area contributed by atoms with Crippen LogP contribution in [0.3, 0.4) is 0 Å². The summed E-state index contributed by atoms with van der Waals surface area (Å²) in [5.41, 5.74) is 5.46. The van der Waals surface area contributed by atoms with Crippen LogP contribution in [-0.4, -0.2) is 15.7 Å². The first-order valence-electron chi connectivity index (χ1n) is 2.93. The minimum Gasteiger partial charge on any atom is -0.369 e. The van der Waals surface area contributed by atoms with E-state index < -0.39 is 5.91 Å². The summed E-state index contributed by atoms with van der Waals surface area (Å²) in [6.45, 7) is 0. The molecule has 1 rings (SSSR count). The molecule has 5 heteroatoms. The van der Waals surface area contributed by atoms with E-state index in [-0.39, 0.29) is 0 Å². The molecule has 0 atom stereocenters. The van der Waals surface area contributed by atoms with Crippen LogP contribution in [0.2, 0.25) is 5.15 Å². The molecule has 0 fully saturated rings. The molecule has 0 aliphatic carbocycles. The molecule has 4 nitrogen and oxygen atoms in total. The molecule has 0 aromatic carbocycles. The van der Waals surface area contributed by atoms with Gasteiger partial charge in [0.25, 0.3) is 0 Å². The average Bonchev–Trinajstić information content (AvgIpc) is 2.18. The highest BCUT2D eigenvalue weighted by molar-refractivity contribution is 6.30. The predicted octanol–water partition coefficient (Wildman–Crippen LogP) is 0.111. The zero-order valence-corrected chi connectivity index (χ0v) is 6.67. The maximum atomic E-state index is 10.4. The van der Waals surface area contributed by atoms with E-state index in [9.17, 15) is 4.79 Å². The fourth-order valence-corrected chi connectivity index (χ4v) is 0.837. The largest absolute Gasteiger partial charge is 0.369 e. The van der Waals surface area contributed by atoms with Crippen LogP contribution in [0.15, 0.2) is 6.20 Å². The van der Waals surface area contributed by atoms with Gasteiger partial charge in [0.2, 0.25) is 5.91 Å². The van der Waals surface area contributed by atoms with E-state index >= 15 is 0 Å². The second-order valence-electron chi connectivity index (χ2n) is 2.06. The van der Waals surface area contributed by atoms with Gasteiger partial charge in [0, 0.05) is 12.6 Å². The van der Waals surface area contributed by atoms with Gasteiger partial charge in [-0.05, 0) is 0 Å². The number of rotatable bonds is 2. The summed E-state index contributed by atoms with van der Waals surface area (Å²) >= 11 is 5.71. The number of hydrogen-bond donors (Lipinski definition) is 1. The molecule has 0 unspecified atom stereocenters. The summed E-state index contributed by atoms with van der Waals surface area (Å²) in [6.07, 6.45) is 2.71. The predicted molar refractivity (Wildman–Crippen MR) is 40.8 cm³/mol. The third-order valence-electron chi connectivity index (χ3n) is 1.19. The molecule has 1 aromatic heterocycles. The van der Waals surface area contributed by atoms with Crippen molar-refractivity contribution in [3.05, 3.63) is 23.3 Å². The third-order valence-corrected chi connectivity index (χ3v) is 1.65. The molecule has 59 valence electrons. The molecule has 0 saturated heterocycles. The molecule has 1 aromatic rings. The van der Waals surface area contributed by atoms with Gasteiger partial charge in [-0.25, -0.2) is 0 Å². The number of aromatic nitrogens is 2. The molecular formula is C6H7ClN3O. The number of hydrogen-bond acceptors (Lipinski definition) is 2. The first-order chi connectivity index (χ1) is 5.11. The molecular weight excluding hydrogens is 166 g/mol. The molecule has 11 heavy (non-hydrogen) atoms. The molecule has 0 saturated carbocycles. The highest BCUT2D eigenvalue weighted by Gasteiger charge is 2.07. The average molecular weight is 173 g/mol. The lowest BCUT2D eigenvalue weighted by Crippen LogP contribution is -2.11. The Morgan fingerprint density at radius 2 is 2.55 bits per heavy atom. The van der Waals surface area contributed by atoms with Gasteiger partial charge in [-0.3, -0.25) is 9.48 Å². The van der Waals surface area contributed by atoms with Gasteiger partial charge >= 0.3 is 0 Å². The number of primary amides is 1. The summed E-state index contributed by atoms with van der Waals surface area (Å²) in [6, 6.07) is 0. The maximum absolute atomic E-state index is 10.4. The Labute approximate surface area is 68.9 Å². The molecule has 2 N–H and O–H groups in total. The maximum Gasteiger partial charge on any atom is 0.226 e. The molecule has 1 radical (unpaired) electrons. The number of aryl methyl sites for hydroxylation is 1. The lowest BCUT2D eigenvalue weighted by Gasteiger charge is -1.92. The van der Waals surface area contributed by atoms with Gasteiger partial charge in [0.1, 0.15) is 5.15 Å². The number of nitrogens with zero attached hydrogens (tertiary/aromatic N) is 2. The summed E-state index contributed by atoms with van der Waals surface area (Å²) in [5, 5.41) is 4.22. The van der Waals surface area contributed by atoms with Crippen molar-refractivity contribution in [1.82, 2.24) is 9.78 Å². The van der Waals surface area contributed by atoms with Crippen LogP contribution >= 0.6 is 11.6 Å². The van der Waals surface area contributed by atoms with Crippen LogP contribution in [0.4, 0.5) is 0 Å². The Morgan fingerprint density at radius 3 is 2.91 bits per heavy atom. The molecule has 0 aliphatic heterocycles. The number of carbonyl (C=O) groups is 1. The lowest BCUT2D eigenvalue weighted by atomic mass is 10.2. The second-order valence-corrected chi connectivity index (χ2v) is 2.42. The van der Waals surface area contributed by atoms with Crippen LogP contribution in [0.5, 0.6) is 0 Å². The van der Waals surface area contributed by atoms with Crippen LogP contribution in [-0.2, 0) is 11.8 Å². The van der Waals surface area contributed by atoms with Gasteiger partial charge in [-0.2, -0.15) is 5.10 Å². The van der Waals surface area contributed by atoms with Crippen molar-refractivity contribution in [2.45, 2.75) is 0 Å². The van der Waals surface area contributed by atoms with E-state index in [1.165, 1.54) is 17.3 Å². The van der Waals surface area contributed by atoms with Gasteiger partial charge in [-0.15, -0.1) is 0 Å². The van der Waals surface area contributed by atoms with E-state index in [2.05, 4.69) is 5.10 Å². The van der Waals surface area contributed by atoms with Crippen molar-refractivity contribution >= 4 is 17.5 Å². The van der Waals surface area contributed by atoms with Crippen molar-refractivity contribution in [2.75, 3.05) is 0 Å². The fraction of sp³-hybridized carbons (Fsp3) is 0.167. The minimum atomic E-state index is -0.528. The third kappa shape index (κ3) is 1.71. The highest BCUT2D eigenvalue weighted by Crippen LogP contribution is 2.14. The van der Waals surface area contributed by atoms with Gasteiger partial charge < -0.3 is 5.73 Å². The Hall–Kier alpha value is -1.03. The van der Waals surface area contributed by atoms with Gasteiger partial charge in [-0.1, -0.05) is 11.6 Å². The topological polar surface area (TPSA) is 60.9 Å². The minimum absolute atomic E-state index is 0.406. The first kappa shape index (κ1) is 8.07.